The first-order chi connectivity index (χ1) is 9.91. The summed E-state index contributed by atoms with van der Waals surface area (Å²) < 4.78 is 27.4. The summed E-state index contributed by atoms with van der Waals surface area (Å²) in [6.45, 7) is -0.124. The number of aliphatic hydroxyl groups excluding tert-OH is 1. The average molecular weight is 391 g/mol. The largest absolute Gasteiger partial charge is 0.392 e. The molecule has 0 unspecified atom stereocenters. The Morgan fingerprint density at radius 3 is 2.52 bits per heavy atom. The summed E-state index contributed by atoms with van der Waals surface area (Å²) >= 11 is 9.18. The van der Waals surface area contributed by atoms with Crippen LogP contribution in [0.3, 0.4) is 0 Å². The lowest BCUT2D eigenvalue weighted by atomic mass is 10.1. The minimum absolute atomic E-state index is 0.124. The summed E-state index contributed by atoms with van der Waals surface area (Å²) in [5, 5.41) is 9.50. The highest BCUT2D eigenvalue weighted by Crippen LogP contribution is 2.31. The minimum Gasteiger partial charge on any atom is -0.392 e. The molecule has 2 aromatic rings. The zero-order valence-electron chi connectivity index (χ0n) is 10.9. The van der Waals surface area contributed by atoms with Crippen LogP contribution in [0, 0.1) is 0 Å². The molecule has 0 aromatic heterocycles. The van der Waals surface area contributed by atoms with Gasteiger partial charge in [0.05, 0.1) is 27.5 Å². The van der Waals surface area contributed by atoms with Crippen molar-refractivity contribution in [1.82, 2.24) is 0 Å². The summed E-state index contributed by atoms with van der Waals surface area (Å²) in [4.78, 5) is 0. The summed E-state index contributed by atoms with van der Waals surface area (Å²) in [6.07, 6.45) is 0. The van der Waals surface area contributed by atoms with E-state index in [1.807, 2.05) is 0 Å². The van der Waals surface area contributed by atoms with Gasteiger partial charge in [0.15, 0.2) is 0 Å². The lowest BCUT2D eigenvalue weighted by Gasteiger charge is -2.11. The van der Waals surface area contributed by atoms with Gasteiger partial charge in [-0.2, -0.15) is 0 Å². The monoisotopic (exact) mass is 389 g/mol. The van der Waals surface area contributed by atoms with Crippen LogP contribution < -0.4 is 4.72 Å². The molecule has 0 aliphatic carbocycles. The van der Waals surface area contributed by atoms with E-state index in [0.717, 1.165) is 0 Å². The van der Waals surface area contributed by atoms with E-state index in [4.69, 9.17) is 16.7 Å². The molecule has 0 atom stereocenters. The highest BCUT2D eigenvalue weighted by atomic mass is 79.9. The van der Waals surface area contributed by atoms with Crippen LogP contribution in [0.25, 0.3) is 0 Å². The Morgan fingerprint density at radius 2 is 1.81 bits per heavy atom. The maximum absolute atomic E-state index is 12.2. The molecule has 0 fully saturated rings. The Labute approximate surface area is 136 Å². The Morgan fingerprint density at radius 1 is 1.14 bits per heavy atom. The molecule has 2 N–H and O–H groups in total. The highest BCUT2D eigenvalue weighted by Gasteiger charge is 2.14. The number of aliphatic hydroxyl groups is 1. The molecule has 0 aliphatic heterocycles. The normalized spacial score (nSPS) is 11.4. The first-order valence-electron chi connectivity index (χ1n) is 6.04. The number of nitrogens with one attached hydrogen (secondary N) is 1. The number of hydrogen-bond donors (Lipinski definition) is 2. The van der Waals surface area contributed by atoms with Crippen LogP contribution in [0.1, 0.15) is 11.1 Å². The SMILES string of the molecule is O=S(=O)(Cc1cccc(CO)c1)Nc1cccc(Cl)c1Br. The third-order valence-electron chi connectivity index (χ3n) is 2.75. The van der Waals surface area contributed by atoms with Gasteiger partial charge >= 0.3 is 0 Å². The van der Waals surface area contributed by atoms with Gasteiger partial charge in [0.25, 0.3) is 0 Å². The number of rotatable bonds is 5. The minimum atomic E-state index is -3.57. The fourth-order valence-corrected chi connectivity index (χ4v) is 3.69. The predicted molar refractivity (Wildman–Crippen MR) is 87.8 cm³/mol. The summed E-state index contributed by atoms with van der Waals surface area (Å²) in [7, 11) is -3.57. The van der Waals surface area contributed by atoms with Crippen molar-refractivity contribution in [3.63, 3.8) is 0 Å². The van der Waals surface area contributed by atoms with Crippen molar-refractivity contribution in [2.75, 3.05) is 4.72 Å². The molecule has 2 rings (SSSR count). The van der Waals surface area contributed by atoms with Crippen molar-refractivity contribution in [3.05, 3.63) is 63.1 Å². The number of hydrogen-bond acceptors (Lipinski definition) is 3. The van der Waals surface area contributed by atoms with Crippen LogP contribution in [0.5, 0.6) is 0 Å². The molecule has 112 valence electrons. The van der Waals surface area contributed by atoms with Gasteiger partial charge in [0.2, 0.25) is 10.0 Å². The van der Waals surface area contributed by atoms with Crippen molar-refractivity contribution in [1.29, 1.82) is 0 Å². The van der Waals surface area contributed by atoms with Crippen LogP contribution in [0.2, 0.25) is 5.02 Å². The third-order valence-corrected chi connectivity index (χ3v) is 5.39. The lowest BCUT2D eigenvalue weighted by Crippen LogP contribution is -2.15. The fourth-order valence-electron chi connectivity index (χ4n) is 1.82. The molecule has 0 aliphatic rings. The average Bonchev–Trinajstić information content (AvgIpc) is 2.43. The molecule has 0 heterocycles. The van der Waals surface area contributed by atoms with Crippen LogP contribution in [0.15, 0.2) is 46.9 Å². The highest BCUT2D eigenvalue weighted by molar-refractivity contribution is 9.10. The smallest absolute Gasteiger partial charge is 0.236 e. The van der Waals surface area contributed by atoms with E-state index < -0.39 is 10.0 Å². The maximum Gasteiger partial charge on any atom is 0.236 e. The van der Waals surface area contributed by atoms with Gasteiger partial charge in [-0.05, 0) is 39.2 Å². The summed E-state index contributed by atoms with van der Waals surface area (Å²) in [6, 6.07) is 11.8. The number of benzene rings is 2. The maximum atomic E-state index is 12.2. The fraction of sp³-hybridized carbons (Fsp3) is 0.143. The van der Waals surface area contributed by atoms with E-state index in [9.17, 15) is 8.42 Å². The number of sulfonamides is 1. The molecule has 21 heavy (non-hydrogen) atoms. The molecular formula is C14H13BrClNO3S. The predicted octanol–water partition coefficient (Wildman–Crippen LogP) is 3.54. The Bertz CT molecular complexity index is 750. The van der Waals surface area contributed by atoms with E-state index in [1.54, 1.807) is 42.5 Å². The van der Waals surface area contributed by atoms with Crippen molar-refractivity contribution < 1.29 is 13.5 Å². The molecule has 0 saturated heterocycles. The van der Waals surface area contributed by atoms with Crippen LogP contribution in [-0.4, -0.2) is 13.5 Å². The third kappa shape index (κ3) is 4.44. The van der Waals surface area contributed by atoms with Crippen molar-refractivity contribution in [3.8, 4) is 0 Å². The first kappa shape index (κ1) is 16.3. The quantitative estimate of drug-likeness (QED) is 0.820. The van der Waals surface area contributed by atoms with E-state index in [-0.39, 0.29) is 12.4 Å². The second-order valence-electron chi connectivity index (χ2n) is 4.44. The lowest BCUT2D eigenvalue weighted by molar-refractivity contribution is 0.282. The molecule has 0 amide bonds. The number of halogens is 2. The molecule has 0 saturated carbocycles. The van der Waals surface area contributed by atoms with E-state index in [2.05, 4.69) is 20.7 Å². The van der Waals surface area contributed by atoms with Crippen molar-refractivity contribution in [2.24, 2.45) is 0 Å². The van der Waals surface area contributed by atoms with E-state index >= 15 is 0 Å². The van der Waals surface area contributed by atoms with Crippen molar-refractivity contribution >= 4 is 43.2 Å². The standard InChI is InChI=1S/C14H13BrClNO3S/c15-14-12(16)5-2-6-13(14)17-21(19,20)9-11-4-1-3-10(7-11)8-18/h1-7,17-18H,8-9H2. The Hall–Kier alpha value is -1.08. The molecule has 4 nitrogen and oxygen atoms in total. The van der Waals surface area contributed by atoms with Crippen molar-refractivity contribution in [2.45, 2.75) is 12.4 Å². The van der Waals surface area contributed by atoms with Crippen LogP contribution >= 0.6 is 27.5 Å². The topological polar surface area (TPSA) is 66.4 Å². The van der Waals surface area contributed by atoms with Gasteiger partial charge in [0, 0.05) is 0 Å². The summed E-state index contributed by atoms with van der Waals surface area (Å²) in [5.41, 5.74) is 1.67. The van der Waals surface area contributed by atoms with Gasteiger partial charge < -0.3 is 5.11 Å². The van der Waals surface area contributed by atoms with Gasteiger partial charge in [-0.1, -0.05) is 41.9 Å². The molecule has 0 radical (unpaired) electrons. The summed E-state index contributed by atoms with van der Waals surface area (Å²) in [5.74, 6) is -0.181. The second-order valence-corrected chi connectivity index (χ2v) is 7.36. The molecule has 0 bridgehead atoms. The molecule has 0 spiro atoms. The Balaban J connectivity index is 2.20. The van der Waals surface area contributed by atoms with Gasteiger partial charge in [-0.25, -0.2) is 8.42 Å². The zero-order chi connectivity index (χ0) is 15.5. The molecular weight excluding hydrogens is 378 g/mol. The van der Waals surface area contributed by atoms with E-state index in [1.165, 1.54) is 0 Å². The second kappa shape index (κ2) is 6.79. The van der Waals surface area contributed by atoms with E-state index in [0.29, 0.717) is 26.3 Å². The Kier molecular flexibility index (Phi) is 5.27. The van der Waals surface area contributed by atoms with Gasteiger partial charge in [-0.15, -0.1) is 0 Å². The zero-order valence-corrected chi connectivity index (χ0v) is 14.0. The number of anilines is 1. The van der Waals surface area contributed by atoms with Gasteiger partial charge in [-0.3, -0.25) is 4.72 Å². The molecule has 7 heteroatoms. The van der Waals surface area contributed by atoms with Crippen LogP contribution in [0.4, 0.5) is 5.69 Å². The van der Waals surface area contributed by atoms with Crippen LogP contribution in [-0.2, 0) is 22.4 Å². The molecule has 2 aromatic carbocycles. The van der Waals surface area contributed by atoms with Gasteiger partial charge in [0.1, 0.15) is 0 Å². The first-order valence-corrected chi connectivity index (χ1v) is 8.87.